The first-order valence-corrected chi connectivity index (χ1v) is 4.88. The van der Waals surface area contributed by atoms with E-state index in [4.69, 9.17) is 5.11 Å². The highest BCUT2D eigenvalue weighted by Gasteiger charge is 2.65. The monoisotopic (exact) mass is 224 g/mol. The average molecular weight is 224 g/mol. The van der Waals surface area contributed by atoms with Crippen molar-refractivity contribution in [2.24, 2.45) is 17.3 Å². The lowest BCUT2D eigenvalue weighted by Gasteiger charge is -2.01. The lowest BCUT2D eigenvalue weighted by atomic mass is 10.1. The first-order valence-electron chi connectivity index (χ1n) is 4.88. The van der Waals surface area contributed by atoms with Crippen molar-refractivity contribution in [1.29, 1.82) is 0 Å². The van der Waals surface area contributed by atoms with E-state index in [2.05, 4.69) is 15.0 Å². The predicted octanol–water partition coefficient (Wildman–Crippen LogP) is 0.970. The van der Waals surface area contributed by atoms with Crippen LogP contribution in [0.2, 0.25) is 0 Å². The maximum Gasteiger partial charge on any atom is 0.307 e. The van der Waals surface area contributed by atoms with E-state index >= 15 is 0 Å². The fourth-order valence-corrected chi connectivity index (χ4v) is 2.07. The van der Waals surface area contributed by atoms with Gasteiger partial charge >= 0.3 is 5.97 Å². The Morgan fingerprint density at radius 2 is 2.19 bits per heavy atom. The Morgan fingerprint density at radius 3 is 2.62 bits per heavy atom. The molecule has 0 unspecified atom stereocenters. The molecule has 1 saturated carbocycles. The number of anilines is 1. The van der Waals surface area contributed by atoms with Crippen molar-refractivity contribution in [3.63, 3.8) is 0 Å². The molecule has 1 amide bonds. The fourth-order valence-electron chi connectivity index (χ4n) is 2.07. The number of nitrogens with one attached hydrogen (secondary N) is 1. The minimum atomic E-state index is -0.940. The summed E-state index contributed by atoms with van der Waals surface area (Å²) < 4.78 is 4.56. The summed E-state index contributed by atoms with van der Waals surface area (Å²) in [5.41, 5.74) is -0.500. The second-order valence-corrected chi connectivity index (χ2v) is 4.49. The van der Waals surface area contributed by atoms with Gasteiger partial charge in [-0.25, -0.2) is 0 Å². The molecule has 1 fully saturated rings. The molecule has 0 spiro atoms. The Hall–Kier alpha value is -1.85. The molecule has 0 radical (unpaired) electrons. The highest BCUT2D eigenvalue weighted by atomic mass is 16.5. The summed E-state index contributed by atoms with van der Waals surface area (Å²) in [5, 5.41) is 15.0. The Kier molecular flexibility index (Phi) is 2.22. The molecule has 1 aromatic rings. The Labute approximate surface area is 91.6 Å². The smallest absolute Gasteiger partial charge is 0.307 e. The van der Waals surface area contributed by atoms with Crippen molar-refractivity contribution in [3.8, 4) is 0 Å². The summed E-state index contributed by atoms with van der Waals surface area (Å²) in [4.78, 5) is 22.6. The number of carboxylic acid groups (broad SMARTS) is 1. The van der Waals surface area contributed by atoms with Gasteiger partial charge in [0.15, 0.2) is 5.82 Å². The molecule has 16 heavy (non-hydrogen) atoms. The molecule has 6 nitrogen and oxygen atoms in total. The number of nitrogens with zero attached hydrogens (tertiary/aromatic N) is 1. The van der Waals surface area contributed by atoms with Crippen LogP contribution < -0.4 is 5.32 Å². The Bertz CT molecular complexity index is 424. The maximum absolute atomic E-state index is 11.7. The first kappa shape index (κ1) is 10.7. The molecule has 2 N–H and O–H groups in total. The molecule has 1 aliphatic carbocycles. The maximum atomic E-state index is 11.7. The zero-order valence-electron chi connectivity index (χ0n) is 8.93. The third kappa shape index (κ3) is 1.56. The van der Waals surface area contributed by atoms with Gasteiger partial charge in [-0.3, -0.25) is 9.59 Å². The standard InChI is InChI=1S/C10H12N2O4/c1-10(2)6(7(10)9(14)15)8(13)11-5-3-4-16-12-5/h3-4,6-7H,1-2H3,(H,14,15)(H,11,12,13)/t6-,7+/m0/s1. The van der Waals surface area contributed by atoms with Crippen LogP contribution in [0.15, 0.2) is 16.9 Å². The van der Waals surface area contributed by atoms with Crippen molar-refractivity contribution in [1.82, 2.24) is 5.16 Å². The summed E-state index contributed by atoms with van der Waals surface area (Å²) in [6, 6.07) is 1.50. The lowest BCUT2D eigenvalue weighted by molar-refractivity contribution is -0.140. The largest absolute Gasteiger partial charge is 0.481 e. The number of carbonyl (C=O) groups is 2. The van der Waals surface area contributed by atoms with E-state index in [9.17, 15) is 9.59 Å². The van der Waals surface area contributed by atoms with Crippen LogP contribution >= 0.6 is 0 Å². The molecule has 1 heterocycles. The lowest BCUT2D eigenvalue weighted by Crippen LogP contribution is -2.17. The van der Waals surface area contributed by atoms with E-state index < -0.39 is 23.2 Å². The van der Waals surface area contributed by atoms with Gasteiger partial charge in [0.25, 0.3) is 0 Å². The first-order chi connectivity index (χ1) is 7.44. The molecule has 0 aromatic carbocycles. The van der Waals surface area contributed by atoms with Crippen LogP contribution in [0, 0.1) is 17.3 Å². The molecule has 86 valence electrons. The zero-order chi connectivity index (χ0) is 11.9. The minimum absolute atomic E-state index is 0.303. The fraction of sp³-hybridized carbons (Fsp3) is 0.500. The van der Waals surface area contributed by atoms with Gasteiger partial charge in [0.1, 0.15) is 6.26 Å². The Morgan fingerprint density at radius 1 is 1.50 bits per heavy atom. The quantitative estimate of drug-likeness (QED) is 0.798. The normalized spacial score (nSPS) is 26.1. The van der Waals surface area contributed by atoms with Crippen molar-refractivity contribution in [2.75, 3.05) is 5.32 Å². The summed E-state index contributed by atoms with van der Waals surface area (Å²) in [7, 11) is 0. The summed E-state index contributed by atoms with van der Waals surface area (Å²) in [6.45, 7) is 3.53. The third-order valence-corrected chi connectivity index (χ3v) is 3.06. The second kappa shape index (κ2) is 3.33. The van der Waals surface area contributed by atoms with Crippen LogP contribution in [0.3, 0.4) is 0 Å². The number of amides is 1. The van der Waals surface area contributed by atoms with Crippen molar-refractivity contribution >= 4 is 17.7 Å². The number of hydrogen-bond acceptors (Lipinski definition) is 4. The van der Waals surface area contributed by atoms with Gasteiger partial charge in [-0.05, 0) is 5.41 Å². The molecule has 6 heteroatoms. The van der Waals surface area contributed by atoms with E-state index in [-0.39, 0.29) is 5.91 Å². The van der Waals surface area contributed by atoms with E-state index in [1.165, 1.54) is 12.3 Å². The number of hydrogen-bond donors (Lipinski definition) is 2. The SMILES string of the molecule is CC1(C)[C@H](C(=O)Nc2ccon2)[C@@H]1C(=O)O. The molecule has 0 saturated heterocycles. The van der Waals surface area contributed by atoms with Gasteiger partial charge in [0, 0.05) is 6.07 Å². The van der Waals surface area contributed by atoms with Gasteiger partial charge in [-0.15, -0.1) is 0 Å². The molecular weight excluding hydrogens is 212 g/mol. The minimum Gasteiger partial charge on any atom is -0.481 e. The van der Waals surface area contributed by atoms with Crippen LogP contribution in [-0.2, 0) is 9.59 Å². The zero-order valence-corrected chi connectivity index (χ0v) is 8.93. The summed E-state index contributed by atoms with van der Waals surface area (Å²) >= 11 is 0. The van der Waals surface area contributed by atoms with Gasteiger partial charge in [-0.2, -0.15) is 0 Å². The second-order valence-electron chi connectivity index (χ2n) is 4.49. The van der Waals surface area contributed by atoms with E-state index in [1.54, 1.807) is 13.8 Å². The number of aromatic nitrogens is 1. The van der Waals surface area contributed by atoms with Gasteiger partial charge in [-0.1, -0.05) is 19.0 Å². The van der Waals surface area contributed by atoms with E-state index in [1.807, 2.05) is 0 Å². The van der Waals surface area contributed by atoms with Crippen molar-refractivity contribution in [3.05, 3.63) is 12.3 Å². The third-order valence-electron chi connectivity index (χ3n) is 3.06. The molecule has 2 atom stereocenters. The van der Waals surface area contributed by atoms with Crippen LogP contribution in [-0.4, -0.2) is 22.1 Å². The number of aliphatic carboxylic acids is 1. The molecule has 0 bridgehead atoms. The number of carboxylic acids is 1. The summed E-state index contributed by atoms with van der Waals surface area (Å²) in [5.74, 6) is -2.10. The summed E-state index contributed by atoms with van der Waals surface area (Å²) in [6.07, 6.45) is 1.34. The average Bonchev–Trinajstić information content (AvgIpc) is 2.58. The Balaban J connectivity index is 2.05. The number of carbonyl (C=O) groups excluding carboxylic acids is 1. The van der Waals surface area contributed by atoms with Gasteiger partial charge < -0.3 is 14.9 Å². The predicted molar refractivity (Wildman–Crippen MR) is 53.5 cm³/mol. The van der Waals surface area contributed by atoms with Crippen LogP contribution in [0.4, 0.5) is 5.82 Å². The van der Waals surface area contributed by atoms with E-state index in [0.717, 1.165) is 0 Å². The van der Waals surface area contributed by atoms with Crippen LogP contribution in [0.25, 0.3) is 0 Å². The molecular formula is C10H12N2O4. The van der Waals surface area contributed by atoms with Crippen LogP contribution in [0.5, 0.6) is 0 Å². The number of rotatable bonds is 3. The molecule has 1 aliphatic rings. The van der Waals surface area contributed by atoms with Gasteiger partial charge in [0.2, 0.25) is 5.91 Å². The molecule has 1 aromatic heterocycles. The topological polar surface area (TPSA) is 92.4 Å². The van der Waals surface area contributed by atoms with Crippen molar-refractivity contribution < 1.29 is 19.2 Å². The highest BCUT2D eigenvalue weighted by molar-refractivity contribution is 5.99. The van der Waals surface area contributed by atoms with Crippen LogP contribution in [0.1, 0.15) is 13.8 Å². The molecule has 2 rings (SSSR count). The van der Waals surface area contributed by atoms with Gasteiger partial charge in [0.05, 0.1) is 11.8 Å². The van der Waals surface area contributed by atoms with E-state index in [0.29, 0.717) is 5.82 Å². The van der Waals surface area contributed by atoms with Crippen molar-refractivity contribution in [2.45, 2.75) is 13.8 Å². The highest BCUT2D eigenvalue weighted by Crippen LogP contribution is 2.58. The molecule has 0 aliphatic heterocycles.